The summed E-state index contributed by atoms with van der Waals surface area (Å²) in [7, 11) is 1.65. The number of likely N-dealkylation sites (tertiary alicyclic amines) is 1. The number of aromatic amines is 1. The minimum absolute atomic E-state index is 0.0240. The number of amides is 1. The zero-order valence-electron chi connectivity index (χ0n) is 29.7. The van der Waals surface area contributed by atoms with Crippen LogP contribution in [0.4, 0.5) is 23.0 Å². The van der Waals surface area contributed by atoms with Crippen LogP contribution in [-0.4, -0.2) is 81.8 Å². The van der Waals surface area contributed by atoms with Gasteiger partial charge in [-0.3, -0.25) is 4.79 Å². The predicted molar refractivity (Wildman–Crippen MR) is 201 cm³/mol. The lowest BCUT2D eigenvalue weighted by Gasteiger charge is -2.38. The summed E-state index contributed by atoms with van der Waals surface area (Å²) in [6.45, 7) is 8.39. The number of ether oxygens (including phenoxy) is 1. The molecular formula is C39H48N8O4. The molecule has 7 rings (SSSR count). The van der Waals surface area contributed by atoms with E-state index in [-0.39, 0.29) is 18.4 Å². The number of anilines is 4. The third-order valence-electron chi connectivity index (χ3n) is 9.86. The average Bonchev–Trinajstić information content (AvgIpc) is 3.92. The van der Waals surface area contributed by atoms with E-state index in [2.05, 4.69) is 30.4 Å². The van der Waals surface area contributed by atoms with Crippen LogP contribution in [0.15, 0.2) is 59.3 Å². The Morgan fingerprint density at radius 3 is 2.65 bits per heavy atom. The van der Waals surface area contributed by atoms with Crippen molar-refractivity contribution in [3.05, 3.63) is 60.7 Å². The smallest absolute Gasteiger partial charge is 0.227 e. The number of nitrogens with zero attached hydrogens (tertiary/aromatic N) is 5. The molecule has 12 nitrogen and oxygen atoms in total. The maximum Gasteiger partial charge on any atom is 0.227 e. The van der Waals surface area contributed by atoms with Crippen molar-refractivity contribution in [2.75, 3.05) is 55.4 Å². The van der Waals surface area contributed by atoms with E-state index in [9.17, 15) is 9.90 Å². The van der Waals surface area contributed by atoms with Gasteiger partial charge in [-0.2, -0.15) is 0 Å². The Labute approximate surface area is 298 Å². The number of rotatable bonds is 13. The zero-order valence-corrected chi connectivity index (χ0v) is 29.7. The number of aliphatic hydroxyl groups is 1. The van der Waals surface area contributed by atoms with Crippen molar-refractivity contribution in [3.63, 3.8) is 0 Å². The number of H-pyrrole nitrogens is 1. The lowest BCUT2D eigenvalue weighted by molar-refractivity contribution is -0.116. The molecule has 5 aromatic rings. The van der Waals surface area contributed by atoms with E-state index in [1.807, 2.05) is 56.3 Å². The van der Waals surface area contributed by atoms with Gasteiger partial charge in [0.2, 0.25) is 11.9 Å². The van der Waals surface area contributed by atoms with Crippen molar-refractivity contribution in [2.45, 2.75) is 64.8 Å². The first-order chi connectivity index (χ1) is 24.9. The van der Waals surface area contributed by atoms with Gasteiger partial charge >= 0.3 is 0 Å². The number of aromatic nitrogens is 4. The summed E-state index contributed by atoms with van der Waals surface area (Å²) in [6, 6.07) is 14.3. The summed E-state index contributed by atoms with van der Waals surface area (Å²) in [5.74, 6) is 1.95. The number of piperidine rings is 1. The number of nitrogens with one attached hydrogen (secondary N) is 3. The van der Waals surface area contributed by atoms with Crippen LogP contribution in [0, 0.1) is 5.92 Å². The monoisotopic (exact) mass is 692 g/mol. The molecular weight excluding hydrogens is 644 g/mol. The summed E-state index contributed by atoms with van der Waals surface area (Å²) < 4.78 is 11.6. The molecule has 2 aliphatic heterocycles. The van der Waals surface area contributed by atoms with Crippen LogP contribution in [0.25, 0.3) is 33.6 Å². The number of furan rings is 1. The van der Waals surface area contributed by atoms with Gasteiger partial charge in [-0.05, 0) is 75.4 Å². The highest BCUT2D eigenvalue weighted by Crippen LogP contribution is 2.40. The van der Waals surface area contributed by atoms with Crippen molar-refractivity contribution in [1.82, 2.24) is 24.8 Å². The first-order valence-electron chi connectivity index (χ1n) is 18.2. The molecule has 0 atom stereocenters. The topological polar surface area (TPSA) is 145 Å². The van der Waals surface area contributed by atoms with Gasteiger partial charge in [0.15, 0.2) is 0 Å². The van der Waals surface area contributed by atoms with E-state index < -0.39 is 0 Å². The van der Waals surface area contributed by atoms with Gasteiger partial charge in [0.25, 0.3) is 0 Å². The Morgan fingerprint density at radius 1 is 1.06 bits per heavy atom. The van der Waals surface area contributed by atoms with Crippen molar-refractivity contribution in [1.29, 1.82) is 0 Å². The fraction of sp³-hybridized carbons (Fsp3) is 0.436. The van der Waals surface area contributed by atoms with Gasteiger partial charge in [0, 0.05) is 61.8 Å². The van der Waals surface area contributed by atoms with Crippen LogP contribution >= 0.6 is 0 Å². The van der Waals surface area contributed by atoms with Crippen LogP contribution < -0.4 is 20.3 Å². The summed E-state index contributed by atoms with van der Waals surface area (Å²) in [5.41, 5.74) is 6.10. The van der Waals surface area contributed by atoms with E-state index in [4.69, 9.17) is 19.1 Å². The number of hydrogen-bond donors (Lipinski definition) is 4. The molecule has 2 aromatic carbocycles. The van der Waals surface area contributed by atoms with Crippen LogP contribution in [0.3, 0.4) is 0 Å². The largest absolute Gasteiger partial charge is 0.494 e. The molecule has 0 unspecified atom stereocenters. The maximum absolute atomic E-state index is 13.1. The Bertz CT molecular complexity index is 1960. The number of imidazole rings is 1. The van der Waals surface area contributed by atoms with Gasteiger partial charge in [0.05, 0.1) is 47.5 Å². The molecule has 0 bridgehead atoms. The molecule has 0 spiro atoms. The minimum Gasteiger partial charge on any atom is -0.494 e. The molecule has 3 aromatic heterocycles. The number of carbonyl (C=O) groups is 1. The second kappa shape index (κ2) is 15.5. The molecule has 2 aliphatic rings. The van der Waals surface area contributed by atoms with E-state index >= 15 is 0 Å². The molecule has 0 saturated carbocycles. The van der Waals surface area contributed by atoms with E-state index in [0.29, 0.717) is 48.4 Å². The number of fused-ring (bicyclic) bond motifs is 1. The summed E-state index contributed by atoms with van der Waals surface area (Å²) in [5, 5.41) is 17.1. The predicted octanol–water partition coefficient (Wildman–Crippen LogP) is 7.01. The van der Waals surface area contributed by atoms with Crippen LogP contribution in [0.1, 0.15) is 58.2 Å². The number of methoxy groups -OCH3 is 1. The van der Waals surface area contributed by atoms with E-state index in [1.54, 1.807) is 19.6 Å². The minimum atomic E-state index is -0.0240. The van der Waals surface area contributed by atoms with Crippen molar-refractivity contribution >= 4 is 39.9 Å². The number of aryl methyl sites for hydroxylation is 1. The average molecular weight is 693 g/mol. The Morgan fingerprint density at radius 2 is 1.88 bits per heavy atom. The summed E-state index contributed by atoms with van der Waals surface area (Å²) >= 11 is 0. The summed E-state index contributed by atoms with van der Waals surface area (Å²) in [6.07, 6.45) is 9.75. The first-order valence-corrected chi connectivity index (χ1v) is 18.2. The Kier molecular flexibility index (Phi) is 10.5. The standard InChI is InChI=1S/C39H48N8O4/c1-25(2)21-36(49)41-30-23-31(34(50-3)24-32(30)47-17-11-28(12-18-47)46-15-4-5-16-46)43-39-40-14-10-29(42-39)38-37(44-35(45-38)7-6-19-48)27-9-8-26-13-20-51-33(26)22-27/h8-10,13-14,20,22-25,28,48H,4-7,11-12,15-19,21H2,1-3H3,(H,41,49)(H,44,45)(H,40,42,43). The first kappa shape index (κ1) is 34.5. The lowest BCUT2D eigenvalue weighted by Crippen LogP contribution is -2.44. The molecule has 12 heteroatoms. The molecule has 1 amide bonds. The molecule has 2 saturated heterocycles. The molecule has 268 valence electrons. The molecule has 5 heterocycles. The normalized spacial score (nSPS) is 15.6. The van der Waals surface area contributed by atoms with Crippen LogP contribution in [0.2, 0.25) is 0 Å². The number of hydrogen-bond acceptors (Lipinski definition) is 10. The summed E-state index contributed by atoms with van der Waals surface area (Å²) in [4.78, 5) is 36.0. The van der Waals surface area contributed by atoms with E-state index in [0.717, 1.165) is 71.1 Å². The van der Waals surface area contributed by atoms with E-state index in [1.165, 1.54) is 25.9 Å². The van der Waals surface area contributed by atoms with Gasteiger partial charge in [-0.15, -0.1) is 0 Å². The zero-order chi connectivity index (χ0) is 35.3. The van der Waals surface area contributed by atoms with Gasteiger partial charge in [-0.1, -0.05) is 26.0 Å². The highest BCUT2D eigenvalue weighted by molar-refractivity contribution is 5.96. The van der Waals surface area contributed by atoms with Gasteiger partial charge < -0.3 is 39.7 Å². The molecule has 51 heavy (non-hydrogen) atoms. The quantitative estimate of drug-likeness (QED) is 0.102. The number of carbonyl (C=O) groups excluding carboxylic acids is 1. The third-order valence-corrected chi connectivity index (χ3v) is 9.86. The highest BCUT2D eigenvalue weighted by atomic mass is 16.5. The maximum atomic E-state index is 13.1. The Hall–Kier alpha value is -4.94. The fourth-order valence-corrected chi connectivity index (χ4v) is 7.31. The highest BCUT2D eigenvalue weighted by Gasteiger charge is 2.28. The van der Waals surface area contributed by atoms with Crippen LogP contribution in [-0.2, 0) is 11.2 Å². The number of aliphatic hydroxyl groups excluding tert-OH is 1. The molecule has 0 aliphatic carbocycles. The van der Waals surface area contributed by atoms with Crippen molar-refractivity contribution < 1.29 is 19.1 Å². The molecule has 4 N–H and O–H groups in total. The molecule has 2 fully saturated rings. The third kappa shape index (κ3) is 7.87. The van der Waals surface area contributed by atoms with Crippen LogP contribution in [0.5, 0.6) is 5.75 Å². The SMILES string of the molecule is COc1cc(N2CCC(N3CCCC3)CC2)c(NC(=O)CC(C)C)cc1Nc1nccc(-c2[nH]c(CCCO)nc2-c2ccc3ccoc3c2)n1. The number of benzene rings is 2. The van der Waals surface area contributed by atoms with Gasteiger partial charge in [-0.25, -0.2) is 15.0 Å². The van der Waals surface area contributed by atoms with Gasteiger partial charge in [0.1, 0.15) is 17.2 Å². The second-order valence-corrected chi connectivity index (χ2v) is 14.0. The lowest BCUT2D eigenvalue weighted by atomic mass is 10.0. The second-order valence-electron chi connectivity index (χ2n) is 14.0. The van der Waals surface area contributed by atoms with Crippen molar-refractivity contribution in [2.24, 2.45) is 5.92 Å². The molecule has 0 radical (unpaired) electrons. The van der Waals surface area contributed by atoms with Crippen molar-refractivity contribution in [3.8, 4) is 28.4 Å². The fourth-order valence-electron chi connectivity index (χ4n) is 7.31. The Balaban J connectivity index is 1.19.